The molecule has 1 aromatic heterocycles. The van der Waals surface area contributed by atoms with Crippen LogP contribution in [0.25, 0.3) is 6.08 Å². The number of carbonyl (C=O) groups is 1. The third-order valence-electron chi connectivity index (χ3n) is 3.44. The van der Waals surface area contributed by atoms with E-state index in [0.29, 0.717) is 15.0 Å². The topological polar surface area (TPSA) is 57.1 Å². The molecule has 1 fully saturated rings. The highest BCUT2D eigenvalue weighted by Crippen LogP contribution is 2.41. The zero-order valence-electron chi connectivity index (χ0n) is 12.5. The van der Waals surface area contributed by atoms with Gasteiger partial charge in [0.2, 0.25) is 0 Å². The second-order valence-electron chi connectivity index (χ2n) is 5.25. The van der Waals surface area contributed by atoms with Gasteiger partial charge >= 0.3 is 0 Å². The summed E-state index contributed by atoms with van der Waals surface area (Å²) >= 11 is 6.20. The Morgan fingerprint density at radius 1 is 1.39 bits per heavy atom. The summed E-state index contributed by atoms with van der Waals surface area (Å²) in [7, 11) is 3.96. The maximum Gasteiger partial charge on any atom is 0.186 e. The number of carbonyl (C=O) groups excluding carboxylic acids is 1. The minimum atomic E-state index is -0.532. The SMILES string of the molecule is CN(C)c1ccc(C=C2SC(=N)C(c3nccs3)C2=O)cc1Br. The summed E-state index contributed by atoms with van der Waals surface area (Å²) < 4.78 is 0.971. The van der Waals surface area contributed by atoms with E-state index in [9.17, 15) is 4.79 Å². The fourth-order valence-corrected chi connectivity index (χ4v) is 4.87. The van der Waals surface area contributed by atoms with Crippen molar-refractivity contribution in [3.63, 3.8) is 0 Å². The van der Waals surface area contributed by atoms with Gasteiger partial charge in [0, 0.05) is 30.1 Å². The lowest BCUT2D eigenvalue weighted by molar-refractivity contribution is -0.114. The average Bonchev–Trinajstić information content (AvgIpc) is 3.08. The van der Waals surface area contributed by atoms with Crippen LogP contribution in [0, 0.1) is 5.41 Å². The number of ketones is 1. The number of hydrogen-bond donors (Lipinski definition) is 1. The molecule has 0 radical (unpaired) electrons. The number of allylic oxidation sites excluding steroid dienone is 1. The Balaban J connectivity index is 1.90. The largest absolute Gasteiger partial charge is 0.377 e. The number of halogens is 1. The van der Waals surface area contributed by atoms with E-state index in [1.54, 1.807) is 6.20 Å². The molecule has 118 valence electrons. The molecule has 23 heavy (non-hydrogen) atoms. The summed E-state index contributed by atoms with van der Waals surface area (Å²) in [4.78, 5) is 19.4. The molecule has 1 aliphatic rings. The predicted octanol–water partition coefficient (Wildman–Crippen LogP) is 4.39. The maximum absolute atomic E-state index is 12.6. The molecule has 3 rings (SSSR count). The van der Waals surface area contributed by atoms with E-state index in [-0.39, 0.29) is 5.78 Å². The summed E-state index contributed by atoms with van der Waals surface area (Å²) in [6.07, 6.45) is 3.52. The number of Topliss-reactive ketones (excluding diaryl/α,β-unsaturated/α-hetero) is 1. The van der Waals surface area contributed by atoms with Gasteiger partial charge in [0.15, 0.2) is 5.78 Å². The molecule has 7 heteroatoms. The van der Waals surface area contributed by atoms with Gasteiger partial charge in [-0.3, -0.25) is 10.2 Å². The summed E-state index contributed by atoms with van der Waals surface area (Å²) in [6.45, 7) is 0. The minimum absolute atomic E-state index is 0.0391. The lowest BCUT2D eigenvalue weighted by atomic mass is 10.0. The number of thioether (sulfide) groups is 1. The highest BCUT2D eigenvalue weighted by atomic mass is 79.9. The Morgan fingerprint density at radius 3 is 2.78 bits per heavy atom. The highest BCUT2D eigenvalue weighted by molar-refractivity contribution is 9.10. The Hall–Kier alpha value is -1.44. The molecule has 1 aliphatic heterocycles. The van der Waals surface area contributed by atoms with E-state index < -0.39 is 5.92 Å². The van der Waals surface area contributed by atoms with Crippen LogP contribution in [0.4, 0.5) is 5.69 Å². The van der Waals surface area contributed by atoms with Gasteiger partial charge in [0.05, 0.1) is 15.6 Å². The second-order valence-corrected chi connectivity index (χ2v) is 8.11. The van der Waals surface area contributed by atoms with Crippen molar-refractivity contribution in [3.8, 4) is 0 Å². The molecular weight excluding hydrogens is 394 g/mol. The van der Waals surface area contributed by atoms with Gasteiger partial charge in [-0.05, 0) is 39.7 Å². The third-order valence-corrected chi connectivity index (χ3v) is 5.91. The van der Waals surface area contributed by atoms with Crippen LogP contribution in [0.5, 0.6) is 0 Å². The molecule has 1 unspecified atom stereocenters. The van der Waals surface area contributed by atoms with Gasteiger partial charge < -0.3 is 4.90 Å². The molecule has 2 aromatic rings. The predicted molar refractivity (Wildman–Crippen MR) is 102 cm³/mol. The van der Waals surface area contributed by atoms with Crippen LogP contribution in [0.1, 0.15) is 16.5 Å². The first-order valence-electron chi connectivity index (χ1n) is 6.86. The van der Waals surface area contributed by atoms with Gasteiger partial charge in [0.1, 0.15) is 10.9 Å². The van der Waals surface area contributed by atoms with E-state index in [1.165, 1.54) is 23.1 Å². The summed E-state index contributed by atoms with van der Waals surface area (Å²) in [5, 5.41) is 11.0. The van der Waals surface area contributed by atoms with Gasteiger partial charge in [0.25, 0.3) is 0 Å². The van der Waals surface area contributed by atoms with E-state index in [4.69, 9.17) is 5.41 Å². The molecule has 1 saturated heterocycles. The Bertz CT molecular complexity index is 800. The molecule has 4 nitrogen and oxygen atoms in total. The molecule has 0 amide bonds. The van der Waals surface area contributed by atoms with Crippen molar-refractivity contribution in [2.45, 2.75) is 5.92 Å². The summed E-state index contributed by atoms with van der Waals surface area (Å²) in [6, 6.07) is 5.96. The number of nitrogens with one attached hydrogen (secondary N) is 1. The van der Waals surface area contributed by atoms with Crippen molar-refractivity contribution in [2.75, 3.05) is 19.0 Å². The summed E-state index contributed by atoms with van der Waals surface area (Å²) in [5.41, 5.74) is 2.01. The Kier molecular flexibility index (Phi) is 4.70. The van der Waals surface area contributed by atoms with E-state index >= 15 is 0 Å². The van der Waals surface area contributed by atoms with Crippen molar-refractivity contribution >= 4 is 61.6 Å². The molecule has 1 N–H and O–H groups in total. The number of benzene rings is 1. The molecule has 0 bridgehead atoms. The summed E-state index contributed by atoms with van der Waals surface area (Å²) in [5.74, 6) is -0.571. The monoisotopic (exact) mass is 407 g/mol. The molecular formula is C16H14BrN3OS2. The molecule has 0 saturated carbocycles. The number of rotatable bonds is 3. The normalized spacial score (nSPS) is 19.6. The van der Waals surface area contributed by atoms with Crippen LogP contribution in [-0.4, -0.2) is 29.9 Å². The van der Waals surface area contributed by atoms with Gasteiger partial charge in [-0.1, -0.05) is 17.8 Å². The van der Waals surface area contributed by atoms with Gasteiger partial charge in [-0.25, -0.2) is 4.98 Å². The molecule has 1 atom stereocenters. The van der Waals surface area contributed by atoms with Crippen LogP contribution >= 0.6 is 39.0 Å². The van der Waals surface area contributed by atoms with Crippen molar-refractivity contribution in [3.05, 3.63) is 49.7 Å². The first kappa shape index (κ1) is 16.4. The van der Waals surface area contributed by atoms with Crippen molar-refractivity contribution in [2.24, 2.45) is 0 Å². The molecule has 0 aliphatic carbocycles. The van der Waals surface area contributed by atoms with Gasteiger partial charge in [-0.2, -0.15) is 0 Å². The number of aromatic nitrogens is 1. The lowest BCUT2D eigenvalue weighted by Crippen LogP contribution is -2.11. The van der Waals surface area contributed by atoms with Crippen molar-refractivity contribution in [1.82, 2.24) is 4.98 Å². The first-order chi connectivity index (χ1) is 11.0. The van der Waals surface area contributed by atoms with Gasteiger partial charge in [-0.15, -0.1) is 11.3 Å². The maximum atomic E-state index is 12.6. The fourth-order valence-electron chi connectivity index (χ4n) is 2.32. The zero-order valence-corrected chi connectivity index (χ0v) is 15.8. The minimum Gasteiger partial charge on any atom is -0.377 e. The van der Waals surface area contributed by atoms with Crippen LogP contribution < -0.4 is 4.90 Å². The van der Waals surface area contributed by atoms with Crippen LogP contribution in [-0.2, 0) is 4.79 Å². The van der Waals surface area contributed by atoms with E-state index in [2.05, 4.69) is 20.9 Å². The average molecular weight is 408 g/mol. The molecule has 2 heterocycles. The fraction of sp³-hybridized carbons (Fsp3) is 0.188. The van der Waals surface area contributed by atoms with Crippen molar-refractivity contribution in [1.29, 1.82) is 5.41 Å². The Labute approximate surface area is 151 Å². The molecule has 1 aromatic carbocycles. The van der Waals surface area contributed by atoms with Crippen LogP contribution in [0.15, 0.2) is 39.2 Å². The smallest absolute Gasteiger partial charge is 0.186 e. The number of thiazole rings is 1. The van der Waals surface area contributed by atoms with Crippen LogP contribution in [0.2, 0.25) is 0 Å². The number of hydrogen-bond acceptors (Lipinski definition) is 6. The van der Waals surface area contributed by atoms with Crippen molar-refractivity contribution < 1.29 is 4.79 Å². The first-order valence-corrected chi connectivity index (χ1v) is 9.34. The van der Waals surface area contributed by atoms with Crippen LogP contribution in [0.3, 0.4) is 0 Å². The second kappa shape index (κ2) is 6.59. The highest BCUT2D eigenvalue weighted by Gasteiger charge is 2.38. The quantitative estimate of drug-likeness (QED) is 0.766. The number of anilines is 1. The molecule has 0 spiro atoms. The third kappa shape index (κ3) is 3.27. The zero-order chi connectivity index (χ0) is 16.6. The van der Waals surface area contributed by atoms with E-state index in [0.717, 1.165) is 15.7 Å². The van der Waals surface area contributed by atoms with E-state index in [1.807, 2.05) is 48.7 Å². The Morgan fingerprint density at radius 2 is 2.17 bits per heavy atom. The number of nitrogens with zero attached hydrogens (tertiary/aromatic N) is 2. The lowest BCUT2D eigenvalue weighted by Gasteiger charge is -2.14. The standard InChI is InChI=1S/C16H14BrN3OS2/c1-20(2)11-4-3-9(7-10(11)17)8-12-14(21)13(15(18)23-12)16-19-5-6-22-16/h3-8,13,18H,1-2H3.